The fraction of sp³-hybridized carbons (Fsp3) is 0.455. The highest BCUT2D eigenvalue weighted by molar-refractivity contribution is 7.09. The van der Waals surface area contributed by atoms with E-state index in [0.717, 1.165) is 31.2 Å². The second-order valence-electron chi connectivity index (χ2n) is 3.59. The Morgan fingerprint density at radius 3 is 2.94 bits per heavy atom. The van der Waals surface area contributed by atoms with Crippen LogP contribution in [0.3, 0.4) is 0 Å². The lowest BCUT2D eigenvalue weighted by Crippen LogP contribution is -2.16. The van der Waals surface area contributed by atoms with Crippen molar-refractivity contribution in [2.24, 2.45) is 0 Å². The van der Waals surface area contributed by atoms with Crippen LogP contribution in [-0.4, -0.2) is 14.5 Å². The summed E-state index contributed by atoms with van der Waals surface area (Å²) >= 11 is 1.70. The molecule has 2 aromatic heterocycles. The highest BCUT2D eigenvalue weighted by Gasteiger charge is 2.03. The zero-order valence-electron chi connectivity index (χ0n) is 9.60. The molecule has 0 saturated heterocycles. The number of thiazole rings is 1. The van der Waals surface area contributed by atoms with E-state index < -0.39 is 0 Å². The molecular weight excluding hydrogens is 220 g/mol. The number of hydrogen-bond acceptors (Lipinski definition) is 4. The lowest BCUT2D eigenvalue weighted by atomic mass is 10.4. The van der Waals surface area contributed by atoms with Crippen molar-refractivity contribution < 1.29 is 0 Å². The topological polar surface area (TPSA) is 42.7 Å². The van der Waals surface area contributed by atoms with Crippen molar-refractivity contribution in [2.75, 3.05) is 0 Å². The van der Waals surface area contributed by atoms with Gasteiger partial charge in [0, 0.05) is 30.4 Å². The summed E-state index contributed by atoms with van der Waals surface area (Å²) < 4.78 is 2.15. The van der Waals surface area contributed by atoms with Crippen LogP contribution in [0.25, 0.3) is 0 Å². The van der Waals surface area contributed by atoms with Crippen LogP contribution in [0.5, 0.6) is 0 Å². The van der Waals surface area contributed by atoms with Crippen LogP contribution in [-0.2, 0) is 19.6 Å². The second kappa shape index (κ2) is 5.23. The van der Waals surface area contributed by atoms with E-state index in [4.69, 9.17) is 0 Å². The Morgan fingerprint density at radius 2 is 2.25 bits per heavy atom. The maximum absolute atomic E-state index is 4.32. The highest BCUT2D eigenvalue weighted by atomic mass is 32.1. The van der Waals surface area contributed by atoms with Gasteiger partial charge in [0.15, 0.2) is 0 Å². The van der Waals surface area contributed by atoms with E-state index in [1.807, 2.05) is 24.8 Å². The molecule has 2 aromatic rings. The van der Waals surface area contributed by atoms with Gasteiger partial charge in [-0.1, -0.05) is 0 Å². The smallest absolute Gasteiger partial charge is 0.122 e. The summed E-state index contributed by atoms with van der Waals surface area (Å²) in [5, 5.41) is 3.39. The molecular formula is C11H16N4S. The van der Waals surface area contributed by atoms with E-state index in [0.29, 0.717) is 0 Å². The Balaban J connectivity index is 1.87. The summed E-state index contributed by atoms with van der Waals surface area (Å²) in [6.07, 6.45) is 3.85. The molecule has 0 amide bonds. The lowest BCUT2D eigenvalue weighted by molar-refractivity contribution is 0.615. The van der Waals surface area contributed by atoms with Gasteiger partial charge in [-0.3, -0.25) is 0 Å². The van der Waals surface area contributed by atoms with Gasteiger partial charge in [-0.2, -0.15) is 0 Å². The summed E-state index contributed by atoms with van der Waals surface area (Å²) in [6.45, 7) is 6.81. The van der Waals surface area contributed by atoms with Gasteiger partial charge in [0.05, 0.1) is 17.7 Å². The minimum atomic E-state index is 0.804. The quantitative estimate of drug-likeness (QED) is 0.863. The molecule has 4 nitrogen and oxygen atoms in total. The van der Waals surface area contributed by atoms with Crippen LogP contribution in [0.15, 0.2) is 17.9 Å². The van der Waals surface area contributed by atoms with E-state index in [2.05, 4.69) is 26.8 Å². The number of aromatic nitrogens is 3. The molecule has 0 aliphatic heterocycles. The first-order valence-corrected chi connectivity index (χ1v) is 6.29. The second-order valence-corrected chi connectivity index (χ2v) is 4.53. The normalized spacial score (nSPS) is 10.9. The van der Waals surface area contributed by atoms with Crippen LogP contribution in [0.4, 0.5) is 0 Å². The van der Waals surface area contributed by atoms with Crippen molar-refractivity contribution >= 4 is 11.3 Å². The summed E-state index contributed by atoms with van der Waals surface area (Å²) in [6, 6.07) is 0. The molecule has 0 atom stereocenters. The molecule has 2 heterocycles. The Hall–Kier alpha value is -1.20. The predicted molar refractivity (Wildman–Crippen MR) is 65.3 cm³/mol. The molecule has 0 bridgehead atoms. The van der Waals surface area contributed by atoms with Crippen molar-refractivity contribution in [1.29, 1.82) is 0 Å². The Morgan fingerprint density at radius 1 is 1.38 bits per heavy atom. The average Bonchev–Trinajstić information content (AvgIpc) is 2.88. The maximum Gasteiger partial charge on any atom is 0.122 e. The first kappa shape index (κ1) is 11.3. The zero-order chi connectivity index (χ0) is 11.4. The van der Waals surface area contributed by atoms with Gasteiger partial charge in [-0.25, -0.2) is 9.97 Å². The van der Waals surface area contributed by atoms with Gasteiger partial charge >= 0.3 is 0 Å². The molecule has 0 aliphatic carbocycles. The summed E-state index contributed by atoms with van der Waals surface area (Å²) in [7, 11) is 0. The van der Waals surface area contributed by atoms with Crippen molar-refractivity contribution in [2.45, 2.75) is 33.5 Å². The molecule has 16 heavy (non-hydrogen) atoms. The average molecular weight is 236 g/mol. The van der Waals surface area contributed by atoms with E-state index in [-0.39, 0.29) is 0 Å². The maximum atomic E-state index is 4.32. The summed E-state index contributed by atoms with van der Waals surface area (Å²) in [4.78, 5) is 9.84. The molecule has 1 N–H and O–H groups in total. The van der Waals surface area contributed by atoms with Gasteiger partial charge in [0.2, 0.25) is 0 Å². The first-order valence-electron chi connectivity index (χ1n) is 5.41. The van der Waals surface area contributed by atoms with Gasteiger partial charge < -0.3 is 9.88 Å². The van der Waals surface area contributed by atoms with Crippen LogP contribution in [0.2, 0.25) is 0 Å². The van der Waals surface area contributed by atoms with Crippen LogP contribution < -0.4 is 5.32 Å². The molecule has 0 saturated carbocycles. The van der Waals surface area contributed by atoms with Gasteiger partial charge in [-0.05, 0) is 13.8 Å². The Bertz CT molecular complexity index is 446. The number of nitrogens with one attached hydrogen (secondary N) is 1. The minimum Gasteiger partial charge on any atom is -0.334 e. The monoisotopic (exact) mass is 236 g/mol. The Kier molecular flexibility index (Phi) is 3.69. The molecule has 5 heteroatoms. The molecule has 2 rings (SSSR count). The number of hydrogen-bond donors (Lipinski definition) is 1. The largest absolute Gasteiger partial charge is 0.334 e. The lowest BCUT2D eigenvalue weighted by Gasteiger charge is -2.05. The molecule has 86 valence electrons. The van der Waals surface area contributed by atoms with E-state index >= 15 is 0 Å². The van der Waals surface area contributed by atoms with Crippen molar-refractivity contribution in [3.63, 3.8) is 0 Å². The van der Waals surface area contributed by atoms with Gasteiger partial charge in [0.1, 0.15) is 5.82 Å². The third kappa shape index (κ3) is 2.48. The zero-order valence-corrected chi connectivity index (χ0v) is 10.4. The van der Waals surface area contributed by atoms with Gasteiger partial charge in [-0.15, -0.1) is 11.3 Å². The van der Waals surface area contributed by atoms with E-state index in [1.54, 1.807) is 11.3 Å². The Labute approximate surface area is 99.4 Å². The fourth-order valence-electron chi connectivity index (χ4n) is 1.58. The SMILES string of the molecule is CCn1ccnc1CNCc1scnc1C. The van der Waals surface area contributed by atoms with Crippen LogP contribution in [0, 0.1) is 6.92 Å². The minimum absolute atomic E-state index is 0.804. The number of imidazole rings is 1. The molecule has 0 fully saturated rings. The summed E-state index contributed by atoms with van der Waals surface area (Å²) in [5.41, 5.74) is 3.01. The molecule has 0 aromatic carbocycles. The van der Waals surface area contributed by atoms with Crippen LogP contribution >= 0.6 is 11.3 Å². The predicted octanol–water partition coefficient (Wildman–Crippen LogP) is 1.96. The van der Waals surface area contributed by atoms with Crippen molar-refractivity contribution in [3.05, 3.63) is 34.3 Å². The van der Waals surface area contributed by atoms with E-state index in [9.17, 15) is 0 Å². The number of nitrogens with zero attached hydrogens (tertiary/aromatic N) is 3. The third-order valence-electron chi connectivity index (χ3n) is 2.56. The fourth-order valence-corrected chi connectivity index (χ4v) is 2.33. The first-order chi connectivity index (χ1) is 7.81. The third-order valence-corrected chi connectivity index (χ3v) is 3.49. The molecule has 0 spiro atoms. The molecule has 0 unspecified atom stereocenters. The highest BCUT2D eigenvalue weighted by Crippen LogP contribution is 2.11. The van der Waals surface area contributed by atoms with Crippen molar-refractivity contribution in [3.8, 4) is 0 Å². The van der Waals surface area contributed by atoms with Crippen molar-refractivity contribution in [1.82, 2.24) is 19.9 Å². The summed E-state index contributed by atoms with van der Waals surface area (Å²) in [5.74, 6) is 1.09. The van der Waals surface area contributed by atoms with Gasteiger partial charge in [0.25, 0.3) is 0 Å². The standard InChI is InChI=1S/C11H16N4S/c1-3-15-5-4-13-11(15)7-12-6-10-9(2)14-8-16-10/h4-5,8,12H,3,6-7H2,1-2H3. The number of aryl methyl sites for hydroxylation is 2. The molecule has 0 radical (unpaired) electrons. The van der Waals surface area contributed by atoms with Crippen LogP contribution in [0.1, 0.15) is 23.3 Å². The van der Waals surface area contributed by atoms with E-state index in [1.165, 1.54) is 4.88 Å². The molecule has 0 aliphatic rings. The number of rotatable bonds is 5.